The van der Waals surface area contributed by atoms with Crippen molar-refractivity contribution in [2.45, 2.75) is 98.8 Å². The highest BCUT2D eigenvalue weighted by Gasteiger charge is 1.80. The van der Waals surface area contributed by atoms with E-state index in [1.807, 2.05) is 20.6 Å². The van der Waals surface area contributed by atoms with E-state index in [9.17, 15) is 19.2 Å². The van der Waals surface area contributed by atoms with Crippen LogP contribution in [0.15, 0.2) is 0 Å². The second kappa shape index (κ2) is 75.1. The molecule has 0 aromatic rings. The van der Waals surface area contributed by atoms with Crippen molar-refractivity contribution in [2.24, 2.45) is 0 Å². The summed E-state index contributed by atoms with van der Waals surface area (Å²) in [7, 11) is 0. The molecule has 0 aromatic carbocycles. The Morgan fingerprint density at radius 2 is 0.889 bits per heavy atom. The van der Waals surface area contributed by atoms with Gasteiger partial charge < -0.3 is 28.8 Å². The zero-order chi connectivity index (χ0) is 22.6. The molecule has 0 unspecified atom stereocenters. The van der Waals surface area contributed by atoms with Crippen molar-refractivity contribution in [3.63, 3.8) is 0 Å². The lowest BCUT2D eigenvalue weighted by molar-refractivity contribution is -0.108. The van der Waals surface area contributed by atoms with Crippen molar-refractivity contribution in [3.8, 4) is 0 Å². The Hall–Kier alpha value is -1.98. The molecule has 0 saturated carbocycles. The number of aldehydes is 5. The lowest BCUT2D eigenvalue weighted by Crippen LogP contribution is -1.73. The first-order valence-corrected chi connectivity index (χ1v) is 9.51. The summed E-state index contributed by atoms with van der Waals surface area (Å²) in [6.45, 7) is 11.4. The maximum atomic E-state index is 9.68. The van der Waals surface area contributed by atoms with Crippen molar-refractivity contribution < 1.29 is 28.8 Å². The molecule has 0 spiro atoms. The third-order valence-electron chi connectivity index (χ3n) is 2.17. The first-order valence-electron chi connectivity index (χ1n) is 9.51. The summed E-state index contributed by atoms with van der Waals surface area (Å²) < 4.78 is 0. The van der Waals surface area contributed by atoms with Gasteiger partial charge >= 0.3 is 0 Å². The topological polar surface area (TPSA) is 102 Å². The second-order valence-electron chi connectivity index (χ2n) is 4.74. The molecule has 27 heavy (non-hydrogen) atoms. The molecule has 0 amide bonds. The van der Waals surface area contributed by atoms with Gasteiger partial charge in [0.2, 0.25) is 0 Å². The van der Waals surface area contributed by atoms with Gasteiger partial charge in [0.25, 0.3) is 0 Å². The lowest BCUT2D eigenvalue weighted by Gasteiger charge is -1.85. The Morgan fingerprint density at radius 3 is 1.04 bits per heavy atom. The van der Waals surface area contributed by atoms with E-state index in [2.05, 4.69) is 13.8 Å². The molecule has 162 valence electrons. The Balaban J connectivity index is -0.0000000511. The Kier molecular flexibility index (Phi) is 111. The first kappa shape index (κ1) is 39.9. The third-order valence-corrected chi connectivity index (χ3v) is 2.17. The second-order valence-corrected chi connectivity index (χ2v) is 4.74. The van der Waals surface area contributed by atoms with E-state index in [-0.39, 0.29) is 0 Å². The highest BCUT2D eigenvalue weighted by molar-refractivity contribution is 5.49. The standard InChI is InChI=1S/C6H12O.C5H10O.C4H8O.C3H6O.C2H4O.CH2O/c1-2-3-4-5-6-7;1-2-3-4-5-6;1-2-3-4-5;1-2-3-4;1-2-3;1-2/h6H,2-5H2,1H3;5H,2-4H2,1H3;4H,2-3H2,1H3;3H,2H2,1H3;2H,1H3;1H2. The number of carbonyl (C=O) groups is 6. The van der Waals surface area contributed by atoms with Crippen molar-refractivity contribution in [1.82, 2.24) is 0 Å². The van der Waals surface area contributed by atoms with E-state index in [0.717, 1.165) is 70.0 Å². The van der Waals surface area contributed by atoms with Gasteiger partial charge in [-0.05, 0) is 26.2 Å². The summed E-state index contributed by atoms with van der Waals surface area (Å²) in [6.07, 6.45) is 13.9. The van der Waals surface area contributed by atoms with Gasteiger partial charge in [-0.1, -0.05) is 47.0 Å². The van der Waals surface area contributed by atoms with Crippen LogP contribution in [-0.2, 0) is 28.8 Å². The van der Waals surface area contributed by atoms with Crippen LogP contribution in [0.1, 0.15) is 98.8 Å². The van der Waals surface area contributed by atoms with Crippen LogP contribution in [0.3, 0.4) is 0 Å². The van der Waals surface area contributed by atoms with Gasteiger partial charge in [-0.2, -0.15) is 0 Å². The monoisotopic (exact) mass is 390 g/mol. The zero-order valence-corrected chi connectivity index (χ0v) is 18.1. The van der Waals surface area contributed by atoms with Crippen molar-refractivity contribution in [3.05, 3.63) is 0 Å². The minimum absolute atomic E-state index is 0.639. The third kappa shape index (κ3) is 181. The summed E-state index contributed by atoms with van der Waals surface area (Å²) >= 11 is 0. The fraction of sp³-hybridized carbons (Fsp3) is 0.714. The average Bonchev–Trinajstić information content (AvgIpc) is 2.71. The van der Waals surface area contributed by atoms with Crippen LogP contribution in [-0.4, -0.2) is 38.2 Å². The predicted molar refractivity (Wildman–Crippen MR) is 112 cm³/mol. The maximum Gasteiger partial charge on any atom is 0.119 e. The molecule has 0 N–H and O–H groups in total. The van der Waals surface area contributed by atoms with Crippen LogP contribution in [0.2, 0.25) is 0 Å². The Bertz CT molecular complexity index is 255. The van der Waals surface area contributed by atoms with Gasteiger partial charge in [-0.15, -0.1) is 0 Å². The Labute approximate surface area is 166 Å². The molecular formula is C21H42O6. The van der Waals surface area contributed by atoms with Gasteiger partial charge in [-0.3, -0.25) is 0 Å². The number of carbonyl (C=O) groups excluding carboxylic acids is 6. The molecule has 0 radical (unpaired) electrons. The lowest BCUT2D eigenvalue weighted by atomic mass is 10.2. The molecular weight excluding hydrogens is 348 g/mol. The van der Waals surface area contributed by atoms with Gasteiger partial charge in [-0.25, -0.2) is 0 Å². The van der Waals surface area contributed by atoms with Crippen LogP contribution < -0.4 is 0 Å². The van der Waals surface area contributed by atoms with E-state index in [1.54, 1.807) is 0 Å². The van der Waals surface area contributed by atoms with E-state index in [4.69, 9.17) is 9.59 Å². The largest absolute Gasteiger partial charge is 0.307 e. The summed E-state index contributed by atoms with van der Waals surface area (Å²) in [4.78, 5) is 54.6. The molecule has 0 fully saturated rings. The van der Waals surface area contributed by atoms with Crippen LogP contribution in [0.5, 0.6) is 0 Å². The summed E-state index contributed by atoms with van der Waals surface area (Å²) in [5.41, 5.74) is 0. The van der Waals surface area contributed by atoms with E-state index < -0.39 is 0 Å². The van der Waals surface area contributed by atoms with E-state index in [0.29, 0.717) is 12.8 Å². The molecule has 0 aliphatic carbocycles. The average molecular weight is 391 g/mol. The molecule has 6 nitrogen and oxygen atoms in total. The molecule has 0 atom stereocenters. The minimum atomic E-state index is 0.639. The van der Waals surface area contributed by atoms with E-state index >= 15 is 0 Å². The first-order chi connectivity index (χ1) is 13.1. The van der Waals surface area contributed by atoms with Gasteiger partial charge in [0.1, 0.15) is 38.2 Å². The van der Waals surface area contributed by atoms with Crippen molar-refractivity contribution in [1.29, 1.82) is 0 Å². The fourth-order valence-electron chi connectivity index (χ4n) is 0.883. The van der Waals surface area contributed by atoms with Gasteiger partial charge in [0.15, 0.2) is 0 Å². The number of unbranched alkanes of at least 4 members (excludes halogenated alkanes) is 6. The molecule has 0 aliphatic rings. The van der Waals surface area contributed by atoms with Crippen LogP contribution in [0.4, 0.5) is 0 Å². The molecule has 0 heterocycles. The SMILES string of the molecule is C=O.CC=O.CCC=O.CCCC=O.CCCCC=O.CCCCCC=O. The van der Waals surface area contributed by atoms with Crippen LogP contribution in [0, 0.1) is 0 Å². The smallest absolute Gasteiger partial charge is 0.119 e. The fourth-order valence-corrected chi connectivity index (χ4v) is 0.883. The molecule has 0 aromatic heterocycles. The molecule has 0 saturated heterocycles. The molecule has 6 heteroatoms. The summed E-state index contributed by atoms with van der Waals surface area (Å²) in [6, 6.07) is 0. The van der Waals surface area contributed by atoms with Gasteiger partial charge in [0, 0.05) is 25.7 Å². The summed E-state index contributed by atoms with van der Waals surface area (Å²) in [5.74, 6) is 0. The molecule has 0 rings (SSSR count). The minimum Gasteiger partial charge on any atom is -0.307 e. The highest BCUT2D eigenvalue weighted by Crippen LogP contribution is 1.94. The van der Waals surface area contributed by atoms with Crippen molar-refractivity contribution >= 4 is 38.2 Å². The maximum absolute atomic E-state index is 9.68. The van der Waals surface area contributed by atoms with E-state index in [1.165, 1.54) is 19.8 Å². The van der Waals surface area contributed by atoms with Crippen molar-refractivity contribution in [2.75, 3.05) is 0 Å². The van der Waals surface area contributed by atoms with Crippen LogP contribution in [0.25, 0.3) is 0 Å². The Morgan fingerprint density at radius 1 is 0.556 bits per heavy atom. The number of hydrogen-bond acceptors (Lipinski definition) is 6. The van der Waals surface area contributed by atoms with Gasteiger partial charge in [0.05, 0.1) is 0 Å². The van der Waals surface area contributed by atoms with Crippen LogP contribution >= 0.6 is 0 Å². The predicted octanol–water partition coefficient (Wildman–Crippen LogP) is 4.74. The number of hydrogen-bond donors (Lipinski definition) is 0. The number of rotatable bonds is 10. The summed E-state index contributed by atoms with van der Waals surface area (Å²) in [5, 5.41) is 0. The zero-order valence-electron chi connectivity index (χ0n) is 18.1. The molecule has 0 bridgehead atoms. The quantitative estimate of drug-likeness (QED) is 0.394. The molecule has 0 aliphatic heterocycles. The normalized spacial score (nSPS) is 7.00. The highest BCUT2D eigenvalue weighted by atomic mass is 16.1.